The summed E-state index contributed by atoms with van der Waals surface area (Å²) in [7, 11) is 0. The van der Waals surface area contributed by atoms with E-state index in [2.05, 4.69) is 36.4 Å². The number of hydrogen-bond acceptors (Lipinski definition) is 2. The molecule has 1 aliphatic carbocycles. The average Bonchev–Trinajstić information content (AvgIpc) is 2.30. The first-order valence-electron chi connectivity index (χ1n) is 6.65. The molecule has 0 amide bonds. The van der Waals surface area contributed by atoms with Crippen LogP contribution in [0.1, 0.15) is 43.5 Å². The Bertz CT molecular complexity index is 462. The number of ether oxygens (including phenoxy) is 1. The highest BCUT2D eigenvalue weighted by Gasteiger charge is 2.25. The van der Waals surface area contributed by atoms with E-state index in [1.54, 1.807) is 18.2 Å². The normalized spacial score (nSPS) is 27.0. The molecule has 2 atom stereocenters. The van der Waals surface area contributed by atoms with Gasteiger partial charge in [0.15, 0.2) is 0 Å². The lowest BCUT2D eigenvalue weighted by Crippen LogP contribution is -2.28. The number of carboxylic acids is 1. The zero-order chi connectivity index (χ0) is 14.0. The van der Waals surface area contributed by atoms with E-state index >= 15 is 0 Å². The number of rotatable bonds is 3. The van der Waals surface area contributed by atoms with Crippen LogP contribution in [-0.4, -0.2) is 17.2 Å². The van der Waals surface area contributed by atoms with Crippen LogP contribution in [0.5, 0.6) is 5.75 Å². The maximum absolute atomic E-state index is 11.0. The summed E-state index contributed by atoms with van der Waals surface area (Å²) in [5.41, 5.74) is 0.285. The minimum absolute atomic E-state index is 0.205. The monoisotopic (exact) mass is 374 g/mol. The van der Waals surface area contributed by atoms with Crippen LogP contribution < -0.4 is 4.74 Å². The van der Waals surface area contributed by atoms with E-state index in [0.717, 1.165) is 16.4 Å². The van der Waals surface area contributed by atoms with Crippen LogP contribution in [0.15, 0.2) is 18.2 Å². The molecule has 0 bridgehead atoms. The smallest absolute Gasteiger partial charge is 0.335 e. The summed E-state index contributed by atoms with van der Waals surface area (Å²) in [6.07, 6.45) is 3.57. The van der Waals surface area contributed by atoms with Gasteiger partial charge in [-0.25, -0.2) is 4.79 Å². The lowest BCUT2D eigenvalue weighted by atomic mass is 9.82. The first-order valence-corrected chi connectivity index (χ1v) is 7.73. The van der Waals surface area contributed by atoms with Crippen LogP contribution >= 0.6 is 22.6 Å². The molecule has 19 heavy (non-hydrogen) atoms. The number of aromatic carboxylic acids is 1. The second-order valence-electron chi connectivity index (χ2n) is 5.61. The molecule has 1 fully saturated rings. The van der Waals surface area contributed by atoms with Crippen LogP contribution in [0, 0.1) is 15.4 Å². The van der Waals surface area contributed by atoms with Crippen molar-refractivity contribution in [2.75, 3.05) is 0 Å². The fourth-order valence-corrected chi connectivity index (χ4v) is 3.34. The Labute approximate surface area is 127 Å². The zero-order valence-corrected chi connectivity index (χ0v) is 13.4. The molecule has 2 rings (SSSR count). The Morgan fingerprint density at radius 2 is 1.89 bits per heavy atom. The topological polar surface area (TPSA) is 46.5 Å². The fourth-order valence-electron chi connectivity index (χ4n) is 2.88. The van der Waals surface area contributed by atoms with Gasteiger partial charge in [-0.2, -0.15) is 0 Å². The van der Waals surface area contributed by atoms with Gasteiger partial charge in [-0.15, -0.1) is 0 Å². The standard InChI is InChI=1S/C15H19IO3/c1-9-5-10(2)7-12(6-9)19-14-8-11(15(17)18)3-4-13(14)16/h3-4,8-10,12H,5-7H2,1-2H3,(H,17,18). The van der Waals surface area contributed by atoms with E-state index < -0.39 is 5.97 Å². The van der Waals surface area contributed by atoms with Crippen molar-refractivity contribution >= 4 is 28.6 Å². The minimum atomic E-state index is -0.911. The fraction of sp³-hybridized carbons (Fsp3) is 0.533. The summed E-state index contributed by atoms with van der Waals surface area (Å²) < 4.78 is 7.01. The molecule has 0 aliphatic heterocycles. The highest BCUT2D eigenvalue weighted by atomic mass is 127. The summed E-state index contributed by atoms with van der Waals surface area (Å²) in [5.74, 6) is 1.14. The minimum Gasteiger partial charge on any atom is -0.489 e. The maximum Gasteiger partial charge on any atom is 0.335 e. The second-order valence-corrected chi connectivity index (χ2v) is 6.77. The third-order valence-electron chi connectivity index (χ3n) is 3.61. The highest BCUT2D eigenvalue weighted by Crippen LogP contribution is 2.33. The summed E-state index contributed by atoms with van der Waals surface area (Å²) in [5, 5.41) is 9.03. The number of halogens is 1. The Morgan fingerprint density at radius 3 is 2.47 bits per heavy atom. The molecule has 0 heterocycles. The van der Waals surface area contributed by atoms with Gasteiger partial charge in [-0.05, 0) is 71.9 Å². The van der Waals surface area contributed by atoms with Gasteiger partial charge >= 0.3 is 5.97 Å². The van der Waals surface area contributed by atoms with E-state index in [9.17, 15) is 4.79 Å². The number of hydrogen-bond donors (Lipinski definition) is 1. The molecule has 0 radical (unpaired) electrons. The third-order valence-corrected chi connectivity index (χ3v) is 4.50. The van der Waals surface area contributed by atoms with E-state index in [1.165, 1.54) is 6.42 Å². The predicted molar refractivity (Wildman–Crippen MR) is 82.7 cm³/mol. The van der Waals surface area contributed by atoms with Gasteiger partial charge < -0.3 is 9.84 Å². The highest BCUT2D eigenvalue weighted by molar-refractivity contribution is 14.1. The van der Waals surface area contributed by atoms with Crippen molar-refractivity contribution in [2.24, 2.45) is 11.8 Å². The van der Waals surface area contributed by atoms with Crippen molar-refractivity contribution < 1.29 is 14.6 Å². The summed E-state index contributed by atoms with van der Waals surface area (Å²) in [6.45, 7) is 4.51. The van der Waals surface area contributed by atoms with Crippen molar-refractivity contribution in [3.8, 4) is 5.75 Å². The molecule has 0 saturated heterocycles. The summed E-state index contributed by atoms with van der Waals surface area (Å²) in [4.78, 5) is 11.0. The lowest BCUT2D eigenvalue weighted by Gasteiger charge is -2.32. The molecule has 1 aromatic carbocycles. The van der Waals surface area contributed by atoms with Crippen LogP contribution in [0.3, 0.4) is 0 Å². The van der Waals surface area contributed by atoms with Crippen LogP contribution in [0.25, 0.3) is 0 Å². The van der Waals surface area contributed by atoms with Gasteiger partial charge in [0.1, 0.15) is 5.75 Å². The molecule has 2 unspecified atom stereocenters. The molecule has 0 aromatic heterocycles. The van der Waals surface area contributed by atoms with Crippen LogP contribution in [0.2, 0.25) is 0 Å². The molecule has 4 heteroatoms. The van der Waals surface area contributed by atoms with Gasteiger partial charge in [0, 0.05) is 0 Å². The third kappa shape index (κ3) is 3.84. The summed E-state index contributed by atoms with van der Waals surface area (Å²) >= 11 is 2.19. The lowest BCUT2D eigenvalue weighted by molar-refractivity contribution is 0.0693. The Kier molecular flexibility index (Phi) is 4.71. The molecule has 3 nitrogen and oxygen atoms in total. The van der Waals surface area contributed by atoms with Crippen molar-refractivity contribution in [2.45, 2.75) is 39.2 Å². The first-order chi connectivity index (χ1) is 8.95. The SMILES string of the molecule is CC1CC(C)CC(Oc2cc(C(=O)O)ccc2I)C1. The van der Waals surface area contributed by atoms with E-state index in [4.69, 9.17) is 9.84 Å². The molecule has 1 saturated carbocycles. The molecule has 104 valence electrons. The first kappa shape index (κ1) is 14.6. The van der Waals surface area contributed by atoms with Gasteiger partial charge in [0.25, 0.3) is 0 Å². The Balaban J connectivity index is 2.13. The molecule has 1 N–H and O–H groups in total. The molecular formula is C15H19IO3. The van der Waals surface area contributed by atoms with Crippen LogP contribution in [-0.2, 0) is 0 Å². The molecule has 1 aromatic rings. The van der Waals surface area contributed by atoms with E-state index in [0.29, 0.717) is 17.6 Å². The van der Waals surface area contributed by atoms with Crippen molar-refractivity contribution in [3.05, 3.63) is 27.3 Å². The Hall–Kier alpha value is -0.780. The quantitative estimate of drug-likeness (QED) is 0.807. The van der Waals surface area contributed by atoms with Crippen molar-refractivity contribution in [3.63, 3.8) is 0 Å². The molecule has 0 spiro atoms. The largest absolute Gasteiger partial charge is 0.489 e. The average molecular weight is 374 g/mol. The van der Waals surface area contributed by atoms with Crippen molar-refractivity contribution in [1.82, 2.24) is 0 Å². The van der Waals surface area contributed by atoms with E-state index in [1.807, 2.05) is 0 Å². The van der Waals surface area contributed by atoms with Crippen LogP contribution in [0.4, 0.5) is 0 Å². The zero-order valence-electron chi connectivity index (χ0n) is 11.2. The number of carboxylic acid groups (broad SMARTS) is 1. The molecule has 1 aliphatic rings. The van der Waals surface area contributed by atoms with Gasteiger partial charge in [-0.3, -0.25) is 0 Å². The van der Waals surface area contributed by atoms with Gasteiger partial charge in [0.05, 0.1) is 15.2 Å². The van der Waals surface area contributed by atoms with E-state index in [-0.39, 0.29) is 11.7 Å². The second kappa shape index (κ2) is 6.11. The van der Waals surface area contributed by atoms with Crippen molar-refractivity contribution in [1.29, 1.82) is 0 Å². The Morgan fingerprint density at radius 1 is 1.26 bits per heavy atom. The summed E-state index contributed by atoms with van der Waals surface area (Å²) in [6, 6.07) is 5.05. The van der Waals surface area contributed by atoms with Gasteiger partial charge in [0.2, 0.25) is 0 Å². The number of carbonyl (C=O) groups is 1. The maximum atomic E-state index is 11.0. The van der Waals surface area contributed by atoms with Gasteiger partial charge in [-0.1, -0.05) is 13.8 Å². The molecular weight excluding hydrogens is 355 g/mol. The predicted octanol–water partition coefficient (Wildman–Crippen LogP) is 4.19. The number of benzene rings is 1.